The number of phenolic OH excluding ortho intramolecular Hbond substituents is 1. The minimum Gasteiger partial charge on any atom is -0.510 e. The lowest BCUT2D eigenvalue weighted by Gasteiger charge is -2.47. The van der Waals surface area contributed by atoms with Crippen molar-refractivity contribution in [3.63, 3.8) is 0 Å². The van der Waals surface area contributed by atoms with Gasteiger partial charge in [-0.3, -0.25) is 19.2 Å². The number of carbonyl (C=O) groups excluding carboxylic acids is 4. The van der Waals surface area contributed by atoms with Gasteiger partial charge in [0.15, 0.2) is 17.1 Å². The number of carbonyl (C=O) groups is 4. The zero-order valence-corrected chi connectivity index (χ0v) is 21.1. The molecule has 4 atom stereocenters. The Morgan fingerprint density at radius 3 is 2.39 bits per heavy atom. The molecule has 0 aliphatic heterocycles. The number of primary amides is 1. The number of hydrogen-bond donors (Lipinski definition) is 9. The first-order chi connectivity index (χ1) is 17.5. The summed E-state index contributed by atoms with van der Waals surface area (Å²) in [6, 6.07) is -0.126. The number of amides is 2. The smallest absolute Gasteiger partial charge is 0.255 e. The maximum atomic E-state index is 13.6. The number of aromatic hydroxyl groups is 1. The summed E-state index contributed by atoms with van der Waals surface area (Å²) in [6.07, 6.45) is -0.123. The van der Waals surface area contributed by atoms with Crippen LogP contribution in [0.15, 0.2) is 28.7 Å². The number of nitrogens with one attached hydrogen (secondary N) is 2. The van der Waals surface area contributed by atoms with Crippen molar-refractivity contribution in [2.75, 3.05) is 17.6 Å². The predicted molar refractivity (Wildman–Crippen MR) is 135 cm³/mol. The van der Waals surface area contributed by atoms with Crippen LogP contribution in [0.3, 0.4) is 0 Å². The van der Waals surface area contributed by atoms with Crippen LogP contribution >= 0.6 is 0 Å². The third-order valence-corrected chi connectivity index (χ3v) is 7.34. The summed E-state index contributed by atoms with van der Waals surface area (Å²) in [5.74, 6) is -8.70. The van der Waals surface area contributed by atoms with Gasteiger partial charge in [0.1, 0.15) is 17.1 Å². The van der Waals surface area contributed by atoms with Crippen LogP contribution in [0.5, 0.6) is 5.75 Å². The molecule has 13 heteroatoms. The molecule has 0 saturated heterocycles. The molecule has 13 nitrogen and oxygen atoms in total. The fourth-order valence-electron chi connectivity index (χ4n) is 5.45. The molecule has 0 spiro atoms. The summed E-state index contributed by atoms with van der Waals surface area (Å²) in [4.78, 5) is 51.0. The average Bonchev–Trinajstić information content (AvgIpc) is 2.81. The van der Waals surface area contributed by atoms with Gasteiger partial charge >= 0.3 is 0 Å². The molecule has 0 radical (unpaired) electrons. The number of phenols is 1. The maximum absolute atomic E-state index is 13.6. The van der Waals surface area contributed by atoms with Crippen LogP contribution in [-0.2, 0) is 20.8 Å². The minimum absolute atomic E-state index is 0.0142. The summed E-state index contributed by atoms with van der Waals surface area (Å²) < 4.78 is 0. The maximum Gasteiger partial charge on any atom is 0.255 e. The van der Waals surface area contributed by atoms with Crippen molar-refractivity contribution in [3.8, 4) is 5.75 Å². The Morgan fingerprint density at radius 2 is 1.82 bits per heavy atom. The van der Waals surface area contributed by atoms with Gasteiger partial charge in [-0.1, -0.05) is 0 Å². The minimum atomic E-state index is -2.80. The highest BCUT2D eigenvalue weighted by molar-refractivity contribution is 6.25. The summed E-state index contributed by atoms with van der Waals surface area (Å²) in [7, 11) is 0. The molecule has 0 heterocycles. The Morgan fingerprint density at radius 1 is 1.18 bits per heavy atom. The standard InChI is InChI=1S/C25H31N5O8/c1-24(2,3)29-7-13(31)30-12-6-11(26)9-4-8-5-10-17(27)20(34)16(23(28)37)22(36)25(10,38)21(35)14(8)19(33)15(9)18(12)32/h6,8,10,17,29,32,34-35,38H,4-5,7,26-27H2,1-3H3,(H2,28,37)(H,30,31)/t8?,10?,17-,25-/m0/s1. The van der Waals surface area contributed by atoms with E-state index in [0.717, 1.165) is 0 Å². The first-order valence-electron chi connectivity index (χ1n) is 11.9. The quantitative estimate of drug-likeness (QED) is 0.103. The van der Waals surface area contributed by atoms with Crippen molar-refractivity contribution in [2.45, 2.75) is 50.8 Å². The number of nitrogen functional groups attached to an aromatic ring is 1. The summed E-state index contributed by atoms with van der Waals surface area (Å²) in [5, 5.41) is 49.3. The number of ketones is 2. The molecular weight excluding hydrogens is 498 g/mol. The molecule has 0 bridgehead atoms. The Kier molecular flexibility index (Phi) is 6.29. The van der Waals surface area contributed by atoms with Crippen molar-refractivity contribution in [1.29, 1.82) is 0 Å². The molecule has 0 saturated carbocycles. The van der Waals surface area contributed by atoms with Crippen LogP contribution in [0.4, 0.5) is 11.4 Å². The lowest BCUT2D eigenvalue weighted by atomic mass is 9.59. The van der Waals surface area contributed by atoms with Crippen molar-refractivity contribution < 1.29 is 39.6 Å². The van der Waals surface area contributed by atoms with Crippen molar-refractivity contribution in [1.82, 2.24) is 5.32 Å². The van der Waals surface area contributed by atoms with Gasteiger partial charge in [0, 0.05) is 22.7 Å². The van der Waals surface area contributed by atoms with Crippen LogP contribution in [0, 0.1) is 11.8 Å². The molecule has 3 aliphatic rings. The van der Waals surface area contributed by atoms with E-state index < -0.39 is 69.7 Å². The van der Waals surface area contributed by atoms with E-state index in [1.807, 2.05) is 20.8 Å². The zero-order chi connectivity index (χ0) is 28.5. The highest BCUT2D eigenvalue weighted by Gasteiger charge is 2.62. The van der Waals surface area contributed by atoms with E-state index in [9.17, 15) is 39.6 Å². The van der Waals surface area contributed by atoms with E-state index in [4.69, 9.17) is 17.2 Å². The Balaban J connectivity index is 1.79. The molecule has 0 fully saturated rings. The highest BCUT2D eigenvalue weighted by Crippen LogP contribution is 2.52. The molecule has 38 heavy (non-hydrogen) atoms. The molecule has 12 N–H and O–H groups in total. The highest BCUT2D eigenvalue weighted by atomic mass is 16.3. The molecule has 204 valence electrons. The Labute approximate surface area is 217 Å². The lowest BCUT2D eigenvalue weighted by Crippen LogP contribution is -2.63. The number of anilines is 2. The topological polar surface area (TPSA) is 251 Å². The molecule has 2 amide bonds. The second kappa shape index (κ2) is 8.82. The number of allylic oxidation sites excluding steroid dienone is 1. The van der Waals surface area contributed by atoms with Crippen LogP contribution in [0.25, 0.3) is 0 Å². The number of nitrogens with two attached hydrogens (primary N) is 3. The van der Waals surface area contributed by atoms with E-state index >= 15 is 0 Å². The fraction of sp³-hybridized carbons (Fsp3) is 0.440. The summed E-state index contributed by atoms with van der Waals surface area (Å²) >= 11 is 0. The van der Waals surface area contributed by atoms with Gasteiger partial charge in [0.05, 0.1) is 23.8 Å². The van der Waals surface area contributed by atoms with Gasteiger partial charge in [-0.25, -0.2) is 0 Å². The molecular formula is C25H31N5O8. The van der Waals surface area contributed by atoms with Gasteiger partial charge in [0.25, 0.3) is 5.91 Å². The van der Waals surface area contributed by atoms with Gasteiger partial charge in [-0.05, 0) is 51.2 Å². The van der Waals surface area contributed by atoms with E-state index in [-0.39, 0.29) is 53.0 Å². The number of aliphatic hydroxyl groups is 3. The lowest BCUT2D eigenvalue weighted by molar-refractivity contribution is -0.145. The van der Waals surface area contributed by atoms with E-state index in [1.165, 1.54) is 6.07 Å². The van der Waals surface area contributed by atoms with Crippen LogP contribution in [0.1, 0.15) is 43.1 Å². The second-order valence-electron chi connectivity index (χ2n) is 10.9. The fourth-order valence-corrected chi connectivity index (χ4v) is 5.45. The van der Waals surface area contributed by atoms with Crippen molar-refractivity contribution >= 4 is 34.8 Å². The first-order valence-corrected chi connectivity index (χ1v) is 11.9. The van der Waals surface area contributed by atoms with Crippen LogP contribution in [0.2, 0.25) is 0 Å². The monoisotopic (exact) mass is 529 g/mol. The largest absolute Gasteiger partial charge is 0.510 e. The molecule has 1 aromatic rings. The van der Waals surface area contributed by atoms with Gasteiger partial charge in [-0.2, -0.15) is 0 Å². The number of benzene rings is 1. The number of Topliss-reactive ketones (excluding diaryl/α,β-unsaturated/α-hetero) is 2. The number of hydrogen-bond acceptors (Lipinski definition) is 11. The van der Waals surface area contributed by atoms with E-state index in [2.05, 4.69) is 10.6 Å². The second-order valence-corrected chi connectivity index (χ2v) is 10.9. The Bertz CT molecular complexity index is 1360. The molecule has 3 aliphatic carbocycles. The van der Waals surface area contributed by atoms with Crippen LogP contribution in [-0.4, -0.2) is 67.5 Å². The molecule has 2 unspecified atom stereocenters. The number of fused-ring (bicyclic) bond motifs is 3. The summed E-state index contributed by atoms with van der Waals surface area (Å²) in [5.41, 5.74) is 12.8. The van der Waals surface area contributed by atoms with Gasteiger partial charge in [0.2, 0.25) is 11.7 Å². The van der Waals surface area contributed by atoms with E-state index in [0.29, 0.717) is 0 Å². The van der Waals surface area contributed by atoms with Crippen molar-refractivity contribution in [2.24, 2.45) is 23.3 Å². The number of rotatable bonds is 4. The van der Waals surface area contributed by atoms with E-state index in [1.54, 1.807) is 0 Å². The normalized spacial score (nSPS) is 27.0. The van der Waals surface area contributed by atoms with Gasteiger partial charge in [-0.15, -0.1) is 0 Å². The third-order valence-electron chi connectivity index (χ3n) is 7.34. The van der Waals surface area contributed by atoms with Gasteiger partial charge < -0.3 is 48.3 Å². The van der Waals surface area contributed by atoms with Crippen molar-refractivity contribution in [3.05, 3.63) is 39.9 Å². The first kappa shape index (κ1) is 27.1. The summed E-state index contributed by atoms with van der Waals surface area (Å²) in [6.45, 7) is 5.49. The third kappa shape index (κ3) is 3.99. The Hall–Kier alpha value is -3.94. The molecule has 1 aromatic carbocycles. The number of aliphatic hydroxyl groups excluding tert-OH is 2. The van der Waals surface area contributed by atoms with Crippen LogP contribution < -0.4 is 27.8 Å². The average molecular weight is 530 g/mol. The molecule has 0 aromatic heterocycles. The SMILES string of the molecule is CC(C)(C)NCC(=O)Nc1cc(N)c2c(c1O)C(=O)C1=C(O)[C@]3(O)C(=O)C(C(N)=O)=C(O)[C@@H](N)C3CC1C2. The predicted octanol–water partition coefficient (Wildman–Crippen LogP) is -0.573. The zero-order valence-electron chi connectivity index (χ0n) is 21.1. The molecule has 4 rings (SSSR count).